The van der Waals surface area contributed by atoms with Crippen LogP contribution in [0.25, 0.3) is 10.9 Å². The van der Waals surface area contributed by atoms with Crippen LogP contribution in [-0.2, 0) is 11.5 Å². The van der Waals surface area contributed by atoms with Gasteiger partial charge in [-0.1, -0.05) is 28.9 Å². The van der Waals surface area contributed by atoms with Gasteiger partial charge < -0.3 is 4.74 Å². The third kappa shape index (κ3) is 3.31. The second-order valence-corrected chi connectivity index (χ2v) is 5.30. The predicted octanol–water partition coefficient (Wildman–Crippen LogP) is 2.17. The molecule has 0 saturated heterocycles. The zero-order valence-electron chi connectivity index (χ0n) is 12.5. The van der Waals surface area contributed by atoms with E-state index >= 15 is 0 Å². The Balaban J connectivity index is 1.81. The fraction of sp³-hybridized carbons (Fsp3) is 0.0667. The normalized spacial score (nSPS) is 10.6. The van der Waals surface area contributed by atoms with Crippen molar-refractivity contribution in [1.29, 1.82) is 0 Å². The summed E-state index contributed by atoms with van der Waals surface area (Å²) in [5.74, 6) is -0.860. The summed E-state index contributed by atoms with van der Waals surface area (Å²) in [7, 11) is 0. The van der Waals surface area contributed by atoms with Gasteiger partial charge in [0.25, 0.3) is 11.2 Å². The smallest absolute Gasteiger partial charge is 0.340 e. The average molecular weight is 361 g/mol. The summed E-state index contributed by atoms with van der Waals surface area (Å²) < 4.78 is 5.85. The number of carbonyl (C=O) groups is 1. The van der Waals surface area contributed by atoms with Crippen LogP contribution in [0.1, 0.15) is 10.4 Å². The van der Waals surface area contributed by atoms with E-state index in [1.807, 2.05) is 0 Å². The van der Waals surface area contributed by atoms with E-state index in [1.165, 1.54) is 12.1 Å². The van der Waals surface area contributed by atoms with Crippen molar-refractivity contribution in [2.24, 2.45) is 0 Å². The molecule has 9 nitrogen and oxygen atoms in total. The summed E-state index contributed by atoms with van der Waals surface area (Å²) in [5.41, 5.74) is -0.541. The molecule has 0 amide bonds. The molecular formula is C15H9ClN4O5. The molecule has 1 aromatic heterocycles. The minimum atomic E-state index is -0.860. The topological polar surface area (TPSA) is 117 Å². The summed E-state index contributed by atoms with van der Waals surface area (Å²) in [6.07, 6.45) is 0. The number of esters is 1. The van der Waals surface area contributed by atoms with Crippen molar-refractivity contribution in [3.8, 4) is 0 Å². The van der Waals surface area contributed by atoms with Crippen LogP contribution < -0.4 is 5.56 Å². The molecule has 3 aromatic rings. The highest BCUT2D eigenvalue weighted by atomic mass is 35.5. The van der Waals surface area contributed by atoms with Crippen molar-refractivity contribution < 1.29 is 14.5 Å². The Morgan fingerprint density at radius 2 is 2.04 bits per heavy atom. The van der Waals surface area contributed by atoms with E-state index in [9.17, 15) is 19.7 Å². The maximum absolute atomic E-state index is 12.2. The quantitative estimate of drug-likeness (QED) is 0.397. The Hall–Kier alpha value is -3.33. The van der Waals surface area contributed by atoms with E-state index in [4.69, 9.17) is 16.3 Å². The van der Waals surface area contributed by atoms with E-state index in [1.54, 1.807) is 24.3 Å². The number of hydrogen-bond donors (Lipinski definition) is 0. The van der Waals surface area contributed by atoms with Crippen LogP contribution in [0.3, 0.4) is 0 Å². The minimum Gasteiger partial charge on any atom is -0.439 e. The van der Waals surface area contributed by atoms with Crippen LogP contribution in [0.2, 0.25) is 5.02 Å². The van der Waals surface area contributed by atoms with E-state index in [2.05, 4.69) is 10.3 Å². The first-order valence-electron chi connectivity index (χ1n) is 6.91. The third-order valence-corrected chi connectivity index (χ3v) is 3.65. The average Bonchev–Trinajstić information content (AvgIpc) is 2.61. The fourth-order valence-electron chi connectivity index (χ4n) is 2.09. The molecule has 126 valence electrons. The van der Waals surface area contributed by atoms with Crippen LogP contribution in [-0.4, -0.2) is 25.9 Å². The van der Waals surface area contributed by atoms with Crippen molar-refractivity contribution in [3.05, 3.63) is 73.5 Å². The number of benzene rings is 2. The molecule has 0 aliphatic rings. The molecule has 0 unspecified atom stereocenters. The number of ether oxygens (including phenoxy) is 1. The first-order valence-corrected chi connectivity index (χ1v) is 7.29. The molecule has 1 heterocycles. The first-order chi connectivity index (χ1) is 12.0. The van der Waals surface area contributed by atoms with E-state index in [0.717, 1.165) is 10.7 Å². The maximum atomic E-state index is 12.2. The van der Waals surface area contributed by atoms with Gasteiger partial charge in [0.2, 0.25) is 0 Å². The summed E-state index contributed by atoms with van der Waals surface area (Å²) in [5, 5.41) is 18.6. The van der Waals surface area contributed by atoms with Gasteiger partial charge in [-0.15, -0.1) is 5.10 Å². The molecule has 3 rings (SSSR count). The summed E-state index contributed by atoms with van der Waals surface area (Å²) in [4.78, 5) is 34.4. The molecule has 0 fully saturated rings. The molecule has 0 spiro atoms. The highest BCUT2D eigenvalue weighted by Gasteiger charge is 2.17. The SMILES string of the molecule is O=C(OCn1nnc2ccccc2c1=O)c1ccc(Cl)c([N+](=O)[O-])c1. The zero-order valence-corrected chi connectivity index (χ0v) is 13.2. The van der Waals surface area contributed by atoms with Gasteiger partial charge in [-0.3, -0.25) is 14.9 Å². The maximum Gasteiger partial charge on any atom is 0.340 e. The molecule has 25 heavy (non-hydrogen) atoms. The van der Waals surface area contributed by atoms with Crippen LogP contribution in [0, 0.1) is 10.1 Å². The number of nitro benzene ring substituents is 1. The second kappa shape index (κ2) is 6.65. The number of rotatable bonds is 4. The van der Waals surface area contributed by atoms with Crippen molar-refractivity contribution in [2.45, 2.75) is 6.73 Å². The summed E-state index contributed by atoms with van der Waals surface area (Å²) in [6, 6.07) is 10.1. The number of nitrogens with zero attached hydrogens (tertiary/aromatic N) is 4. The van der Waals surface area contributed by atoms with Crippen LogP contribution in [0.5, 0.6) is 0 Å². The molecule has 0 aliphatic heterocycles. The number of fused-ring (bicyclic) bond motifs is 1. The van der Waals surface area contributed by atoms with E-state index in [0.29, 0.717) is 10.9 Å². The number of nitro groups is 1. The lowest BCUT2D eigenvalue weighted by atomic mass is 10.2. The lowest BCUT2D eigenvalue weighted by molar-refractivity contribution is -0.384. The second-order valence-electron chi connectivity index (χ2n) is 4.90. The van der Waals surface area contributed by atoms with Crippen LogP contribution >= 0.6 is 11.6 Å². The van der Waals surface area contributed by atoms with Gasteiger partial charge >= 0.3 is 5.97 Å². The minimum absolute atomic E-state index is 0.0714. The Kier molecular flexibility index (Phi) is 4.40. The molecule has 0 bridgehead atoms. The summed E-state index contributed by atoms with van der Waals surface area (Å²) in [6.45, 7) is -0.480. The number of aromatic nitrogens is 3. The molecular weight excluding hydrogens is 352 g/mol. The molecule has 0 aliphatic carbocycles. The molecule has 0 radical (unpaired) electrons. The highest BCUT2D eigenvalue weighted by molar-refractivity contribution is 6.32. The van der Waals surface area contributed by atoms with Gasteiger partial charge in [0.15, 0.2) is 6.73 Å². The van der Waals surface area contributed by atoms with Crippen LogP contribution in [0.4, 0.5) is 5.69 Å². The molecule has 0 N–H and O–H groups in total. The van der Waals surface area contributed by atoms with Gasteiger partial charge in [0.05, 0.1) is 15.9 Å². The molecule has 0 atom stereocenters. The molecule has 2 aromatic carbocycles. The molecule has 0 saturated carbocycles. The highest BCUT2D eigenvalue weighted by Crippen LogP contribution is 2.25. The number of halogens is 1. The van der Waals surface area contributed by atoms with Crippen LogP contribution in [0.15, 0.2) is 47.3 Å². The van der Waals surface area contributed by atoms with Crippen molar-refractivity contribution in [3.63, 3.8) is 0 Å². The third-order valence-electron chi connectivity index (χ3n) is 3.33. The van der Waals surface area contributed by atoms with E-state index < -0.39 is 28.9 Å². The predicted molar refractivity (Wildman–Crippen MR) is 87.3 cm³/mol. The Morgan fingerprint density at radius 1 is 1.28 bits per heavy atom. The van der Waals surface area contributed by atoms with Crippen molar-refractivity contribution >= 4 is 34.2 Å². The summed E-state index contributed by atoms with van der Waals surface area (Å²) >= 11 is 5.69. The lowest BCUT2D eigenvalue weighted by Gasteiger charge is -2.07. The number of hydrogen-bond acceptors (Lipinski definition) is 7. The van der Waals surface area contributed by atoms with Gasteiger partial charge in [0, 0.05) is 6.07 Å². The Morgan fingerprint density at radius 3 is 2.80 bits per heavy atom. The van der Waals surface area contributed by atoms with E-state index in [-0.39, 0.29) is 10.6 Å². The molecule has 10 heteroatoms. The van der Waals surface area contributed by atoms with Crippen molar-refractivity contribution in [1.82, 2.24) is 15.0 Å². The van der Waals surface area contributed by atoms with Gasteiger partial charge in [0.1, 0.15) is 10.5 Å². The zero-order chi connectivity index (χ0) is 18.0. The monoisotopic (exact) mass is 360 g/mol. The lowest BCUT2D eigenvalue weighted by Crippen LogP contribution is -2.26. The van der Waals surface area contributed by atoms with Gasteiger partial charge in [-0.25, -0.2) is 4.79 Å². The van der Waals surface area contributed by atoms with Gasteiger partial charge in [-0.2, -0.15) is 4.68 Å². The standard InChI is InChI=1S/C15H9ClN4O5/c16-11-6-5-9(7-13(11)20(23)24)15(22)25-8-19-14(21)10-3-1-2-4-12(10)17-18-19/h1-7H,8H2. The largest absolute Gasteiger partial charge is 0.439 e. The first kappa shape index (κ1) is 16.5. The Bertz CT molecular complexity index is 1050. The van der Waals surface area contributed by atoms with Crippen molar-refractivity contribution in [2.75, 3.05) is 0 Å². The van der Waals surface area contributed by atoms with Gasteiger partial charge in [-0.05, 0) is 24.3 Å². The Labute approximate surface area is 144 Å². The fourth-order valence-corrected chi connectivity index (χ4v) is 2.28. The number of carbonyl (C=O) groups excluding carboxylic acids is 1.